The number of ether oxygens (including phenoxy) is 2. The molecular weight excluding hydrogens is 644 g/mol. The fourth-order valence-corrected chi connectivity index (χ4v) is 5.97. The number of aliphatic hydroxyl groups excluding tert-OH is 1. The van der Waals surface area contributed by atoms with Gasteiger partial charge in [0.25, 0.3) is 0 Å². The van der Waals surface area contributed by atoms with Crippen LogP contribution in [0, 0.1) is 11.8 Å². The molecule has 0 radical (unpaired) electrons. The van der Waals surface area contributed by atoms with Gasteiger partial charge in [0.1, 0.15) is 11.5 Å². The van der Waals surface area contributed by atoms with Crippen LogP contribution in [0.2, 0.25) is 0 Å². The Morgan fingerprint density at radius 2 is 1.33 bits per heavy atom. The molecule has 49 heavy (non-hydrogen) atoms. The normalized spacial score (nSPS) is 17.7. The van der Waals surface area contributed by atoms with E-state index in [9.17, 15) is 54.9 Å². The Kier molecular flexibility index (Phi) is 9.21. The van der Waals surface area contributed by atoms with E-state index >= 15 is 0 Å². The van der Waals surface area contributed by atoms with Crippen LogP contribution in [0.1, 0.15) is 44.0 Å². The molecule has 254 valence electrons. The zero-order valence-corrected chi connectivity index (χ0v) is 25.8. The monoisotopic (exact) mass is 674 g/mol. The first-order valence-electron chi connectivity index (χ1n) is 14.5. The van der Waals surface area contributed by atoms with Crippen LogP contribution in [0.15, 0.2) is 72.8 Å². The van der Waals surface area contributed by atoms with E-state index in [1.807, 2.05) is 0 Å². The molecule has 4 atom stereocenters. The number of rotatable bonds is 10. The third-order valence-corrected chi connectivity index (χ3v) is 8.22. The van der Waals surface area contributed by atoms with E-state index in [1.54, 1.807) is 0 Å². The molecule has 1 saturated heterocycles. The molecule has 15 nitrogen and oxygen atoms in total. The average Bonchev–Trinajstić information content (AvgIpc) is 3.37. The van der Waals surface area contributed by atoms with Crippen LogP contribution in [0.5, 0.6) is 34.5 Å². The molecule has 0 bridgehead atoms. The van der Waals surface area contributed by atoms with Crippen LogP contribution >= 0.6 is 0 Å². The lowest BCUT2D eigenvalue weighted by atomic mass is 9.80. The lowest BCUT2D eigenvalue weighted by Gasteiger charge is -2.30. The van der Waals surface area contributed by atoms with Crippen molar-refractivity contribution in [3.63, 3.8) is 0 Å². The predicted molar refractivity (Wildman–Crippen MR) is 170 cm³/mol. The number of anilines is 2. The van der Waals surface area contributed by atoms with Crippen LogP contribution in [0.25, 0.3) is 0 Å². The first kappa shape index (κ1) is 33.9. The summed E-state index contributed by atoms with van der Waals surface area (Å²) in [5, 5.41) is 74.7. The van der Waals surface area contributed by atoms with Gasteiger partial charge >= 0.3 is 11.9 Å². The molecule has 4 aromatic carbocycles. The molecule has 0 spiro atoms. The van der Waals surface area contributed by atoms with Crippen LogP contribution in [-0.4, -0.2) is 73.7 Å². The van der Waals surface area contributed by atoms with Gasteiger partial charge in [-0.1, -0.05) is 12.1 Å². The van der Waals surface area contributed by atoms with E-state index in [2.05, 4.69) is 5.32 Å². The number of nitrogens with one attached hydrogen (secondary N) is 1. The Balaban J connectivity index is 1.78. The topological polar surface area (TPSA) is 244 Å². The van der Waals surface area contributed by atoms with E-state index in [0.717, 1.165) is 41.3 Å². The fraction of sp³-hybridized carbons (Fsp3) is 0.176. The number of hydrogen-bond donors (Lipinski definition) is 8. The van der Waals surface area contributed by atoms with Crippen molar-refractivity contribution in [3.8, 4) is 34.5 Å². The summed E-state index contributed by atoms with van der Waals surface area (Å²) in [6.07, 6.45) is -1.81. The standard InChI is InChI=1S/C34H30N2O13/c1-48-25-11-15(3-9-23(25)39)29-27(31(42)35-21-7-5-17(37)13-19(21)33(44)45)28(30(41)16-4-10-24(40)26(12-16)49-2)32(43)36(29)22-8-6-18(38)14-20(22)34(46)47/h3-14,27-30,37-41H,1-2H3,(H,35,42)(H,44,45)(H,46,47)/t27-,28-,29-,30+/m1/s1. The summed E-state index contributed by atoms with van der Waals surface area (Å²) in [6.45, 7) is 0. The van der Waals surface area contributed by atoms with Crippen molar-refractivity contribution in [2.75, 3.05) is 24.4 Å². The molecule has 8 N–H and O–H groups in total. The lowest BCUT2D eigenvalue weighted by Crippen LogP contribution is -2.35. The quantitative estimate of drug-likeness (QED) is 0.112. The number of carbonyl (C=O) groups is 4. The summed E-state index contributed by atoms with van der Waals surface area (Å²) in [5.74, 6) is -9.91. The highest BCUT2D eigenvalue weighted by molar-refractivity contribution is 6.10. The van der Waals surface area contributed by atoms with Gasteiger partial charge in [-0.3, -0.25) is 9.59 Å². The largest absolute Gasteiger partial charge is 0.508 e. The first-order chi connectivity index (χ1) is 23.3. The Bertz CT molecular complexity index is 1980. The minimum atomic E-state index is -1.81. The zero-order chi connectivity index (χ0) is 35.7. The third-order valence-electron chi connectivity index (χ3n) is 8.22. The summed E-state index contributed by atoms with van der Waals surface area (Å²) in [4.78, 5) is 54.5. The molecule has 0 aromatic heterocycles. The Labute approximate surface area is 277 Å². The van der Waals surface area contributed by atoms with Crippen molar-refractivity contribution in [2.45, 2.75) is 12.1 Å². The number of carboxylic acids is 2. The highest BCUT2D eigenvalue weighted by atomic mass is 16.5. The van der Waals surface area contributed by atoms with Crippen molar-refractivity contribution in [2.24, 2.45) is 11.8 Å². The van der Waals surface area contributed by atoms with Crippen molar-refractivity contribution >= 4 is 35.1 Å². The molecule has 1 fully saturated rings. The number of methoxy groups -OCH3 is 2. The van der Waals surface area contributed by atoms with Gasteiger partial charge in [0.2, 0.25) is 11.8 Å². The van der Waals surface area contributed by atoms with Crippen molar-refractivity contribution < 1.29 is 64.4 Å². The number of phenols is 4. The second-order valence-electron chi connectivity index (χ2n) is 11.0. The number of carbonyl (C=O) groups excluding carboxylic acids is 2. The summed E-state index contributed by atoms with van der Waals surface area (Å²) in [5.41, 5.74) is -1.40. The van der Waals surface area contributed by atoms with Crippen LogP contribution in [0.3, 0.4) is 0 Å². The smallest absolute Gasteiger partial charge is 0.337 e. The molecule has 1 aliphatic heterocycles. The van der Waals surface area contributed by atoms with Gasteiger partial charge in [0.05, 0.1) is 60.7 Å². The second-order valence-corrected chi connectivity index (χ2v) is 11.0. The van der Waals surface area contributed by atoms with Gasteiger partial charge in [0.15, 0.2) is 23.0 Å². The Morgan fingerprint density at radius 3 is 1.94 bits per heavy atom. The molecule has 2 amide bonds. The van der Waals surface area contributed by atoms with Crippen molar-refractivity contribution in [1.82, 2.24) is 0 Å². The summed E-state index contributed by atoms with van der Waals surface area (Å²) in [7, 11) is 2.51. The number of benzene rings is 4. The SMILES string of the molecule is COc1cc([C@@H]2[C@H](C(=O)Nc3ccc(O)cc3C(=O)O)[C@H]([C@@H](O)c3ccc(O)c(OC)c3)C(=O)N2c2ccc(O)cc2C(=O)O)ccc1O. The van der Waals surface area contributed by atoms with Crippen LogP contribution in [0.4, 0.5) is 11.4 Å². The van der Waals surface area contributed by atoms with Gasteiger partial charge in [-0.2, -0.15) is 0 Å². The number of aromatic hydroxyl groups is 4. The molecular formula is C34H30N2O13. The molecule has 0 unspecified atom stereocenters. The highest BCUT2D eigenvalue weighted by Gasteiger charge is 2.56. The second kappa shape index (κ2) is 13.3. The molecule has 4 aromatic rings. The number of aliphatic hydroxyl groups is 1. The molecule has 1 aliphatic rings. The van der Waals surface area contributed by atoms with Crippen molar-refractivity contribution in [1.29, 1.82) is 0 Å². The average molecular weight is 675 g/mol. The van der Waals surface area contributed by atoms with Gasteiger partial charge in [-0.25, -0.2) is 9.59 Å². The Hall–Kier alpha value is -6.48. The Morgan fingerprint density at radius 1 is 0.755 bits per heavy atom. The lowest BCUT2D eigenvalue weighted by molar-refractivity contribution is -0.130. The van der Waals surface area contributed by atoms with E-state index in [4.69, 9.17) is 9.47 Å². The minimum Gasteiger partial charge on any atom is -0.508 e. The number of aromatic carboxylic acids is 2. The number of phenolic OH excluding ortho intramolecular Hbond substituents is 4. The van der Waals surface area contributed by atoms with Crippen molar-refractivity contribution in [3.05, 3.63) is 95.1 Å². The fourth-order valence-electron chi connectivity index (χ4n) is 5.97. The van der Waals surface area contributed by atoms with E-state index in [1.165, 1.54) is 50.6 Å². The molecule has 1 heterocycles. The number of amides is 2. The zero-order valence-electron chi connectivity index (χ0n) is 25.8. The number of carboxylic acid groups (broad SMARTS) is 2. The van der Waals surface area contributed by atoms with Gasteiger partial charge in [-0.15, -0.1) is 0 Å². The summed E-state index contributed by atoms with van der Waals surface area (Å²) in [6, 6.07) is 12.5. The maximum absolute atomic E-state index is 14.6. The molecule has 0 saturated carbocycles. The maximum Gasteiger partial charge on any atom is 0.337 e. The van der Waals surface area contributed by atoms with Gasteiger partial charge in [0, 0.05) is 0 Å². The van der Waals surface area contributed by atoms with E-state index < -0.39 is 70.4 Å². The summed E-state index contributed by atoms with van der Waals surface area (Å²) >= 11 is 0. The van der Waals surface area contributed by atoms with Gasteiger partial charge in [-0.05, 0) is 71.8 Å². The number of nitrogens with zero attached hydrogens (tertiary/aromatic N) is 1. The molecule has 15 heteroatoms. The van der Waals surface area contributed by atoms with E-state index in [0.29, 0.717) is 0 Å². The molecule has 0 aliphatic carbocycles. The third kappa shape index (κ3) is 6.29. The maximum atomic E-state index is 14.6. The highest BCUT2D eigenvalue weighted by Crippen LogP contribution is 2.51. The minimum absolute atomic E-state index is 0.0229. The van der Waals surface area contributed by atoms with Crippen LogP contribution < -0.4 is 19.7 Å². The van der Waals surface area contributed by atoms with Crippen LogP contribution in [-0.2, 0) is 9.59 Å². The van der Waals surface area contributed by atoms with Gasteiger partial charge < -0.3 is 55.4 Å². The summed E-state index contributed by atoms with van der Waals surface area (Å²) < 4.78 is 10.4. The van der Waals surface area contributed by atoms with E-state index in [-0.39, 0.29) is 45.5 Å². The predicted octanol–water partition coefficient (Wildman–Crippen LogP) is 3.62. The number of hydrogen-bond acceptors (Lipinski definition) is 11. The first-order valence-corrected chi connectivity index (χ1v) is 14.5. The molecule has 5 rings (SSSR count).